The monoisotopic (exact) mass is 410 g/mol. The molecule has 0 radical (unpaired) electrons. The molecule has 3 aromatic rings. The lowest BCUT2D eigenvalue weighted by molar-refractivity contribution is -0.119. The van der Waals surface area contributed by atoms with E-state index < -0.39 is 24.5 Å². The van der Waals surface area contributed by atoms with Gasteiger partial charge in [-0.3, -0.25) is 4.79 Å². The first-order valence-electron chi connectivity index (χ1n) is 8.82. The van der Waals surface area contributed by atoms with Gasteiger partial charge in [-0.25, -0.2) is 14.6 Å². The summed E-state index contributed by atoms with van der Waals surface area (Å²) in [5.41, 5.74) is 1.87. The number of rotatable bonds is 7. The Hall–Kier alpha value is -3.52. The van der Waals surface area contributed by atoms with Crippen molar-refractivity contribution in [2.24, 2.45) is 0 Å². The molecule has 0 saturated heterocycles. The average Bonchev–Trinajstić information content (AvgIpc) is 3.17. The van der Waals surface area contributed by atoms with Crippen molar-refractivity contribution in [3.63, 3.8) is 0 Å². The zero-order valence-electron chi connectivity index (χ0n) is 15.6. The first-order valence-corrected chi connectivity index (χ1v) is 9.70. The van der Waals surface area contributed by atoms with E-state index in [0.717, 1.165) is 5.56 Å². The zero-order valence-corrected chi connectivity index (χ0v) is 16.4. The minimum Gasteiger partial charge on any atom is -0.462 e. The summed E-state index contributed by atoms with van der Waals surface area (Å²) in [5, 5.41) is 4.74. The smallest absolute Gasteiger partial charge is 0.357 e. The van der Waals surface area contributed by atoms with Crippen LogP contribution in [0.2, 0.25) is 0 Å². The molecular weight excluding hydrogens is 392 g/mol. The number of carbonyl (C=O) groups excluding carboxylic acids is 3. The van der Waals surface area contributed by atoms with E-state index in [4.69, 9.17) is 9.47 Å². The van der Waals surface area contributed by atoms with Gasteiger partial charge in [-0.1, -0.05) is 36.4 Å². The summed E-state index contributed by atoms with van der Waals surface area (Å²) in [7, 11) is 0. The molecule has 0 aliphatic carbocycles. The lowest BCUT2D eigenvalue weighted by Gasteiger charge is -2.09. The van der Waals surface area contributed by atoms with Crippen LogP contribution in [0.15, 0.2) is 60.1 Å². The van der Waals surface area contributed by atoms with Crippen LogP contribution in [0.3, 0.4) is 0 Å². The quantitative estimate of drug-likeness (QED) is 0.596. The van der Waals surface area contributed by atoms with E-state index in [2.05, 4.69) is 10.3 Å². The van der Waals surface area contributed by atoms with E-state index in [1.807, 2.05) is 30.3 Å². The molecule has 29 heavy (non-hydrogen) atoms. The van der Waals surface area contributed by atoms with Gasteiger partial charge in [0, 0.05) is 17.1 Å². The molecule has 0 fully saturated rings. The van der Waals surface area contributed by atoms with Gasteiger partial charge in [0.2, 0.25) is 0 Å². The molecule has 1 amide bonds. The van der Waals surface area contributed by atoms with Gasteiger partial charge >= 0.3 is 11.9 Å². The fourth-order valence-electron chi connectivity index (χ4n) is 2.54. The topological polar surface area (TPSA) is 94.6 Å². The Morgan fingerprint density at radius 1 is 1.00 bits per heavy atom. The first-order chi connectivity index (χ1) is 14.1. The number of esters is 2. The lowest BCUT2D eigenvalue weighted by atomic mass is 10.0. The largest absolute Gasteiger partial charge is 0.462 e. The molecule has 1 aromatic carbocycles. The molecule has 0 aliphatic heterocycles. The predicted molar refractivity (Wildman–Crippen MR) is 109 cm³/mol. The second-order valence-corrected chi connectivity index (χ2v) is 6.66. The SMILES string of the molecule is CCOC(=O)c1c(-c2ccccc2)csc1NC(=O)COC(=O)c1ccccn1. The van der Waals surface area contributed by atoms with Gasteiger partial charge in [0.1, 0.15) is 16.3 Å². The molecule has 0 atom stereocenters. The zero-order chi connectivity index (χ0) is 20.6. The maximum Gasteiger partial charge on any atom is 0.357 e. The molecule has 148 valence electrons. The number of amides is 1. The molecule has 0 spiro atoms. The summed E-state index contributed by atoms with van der Waals surface area (Å²) >= 11 is 1.20. The number of carbonyl (C=O) groups is 3. The van der Waals surface area contributed by atoms with Crippen molar-refractivity contribution in [2.75, 3.05) is 18.5 Å². The maximum atomic E-state index is 12.5. The lowest BCUT2D eigenvalue weighted by Crippen LogP contribution is -2.22. The van der Waals surface area contributed by atoms with Crippen molar-refractivity contribution < 1.29 is 23.9 Å². The van der Waals surface area contributed by atoms with Gasteiger partial charge in [0.05, 0.1) is 6.61 Å². The Morgan fingerprint density at radius 3 is 2.45 bits per heavy atom. The highest BCUT2D eigenvalue weighted by Crippen LogP contribution is 2.36. The third kappa shape index (κ3) is 5.05. The van der Waals surface area contributed by atoms with Gasteiger partial charge in [0.15, 0.2) is 6.61 Å². The molecule has 1 N–H and O–H groups in total. The fourth-order valence-corrected chi connectivity index (χ4v) is 3.51. The summed E-state index contributed by atoms with van der Waals surface area (Å²) in [5.74, 6) is -1.81. The number of pyridine rings is 1. The summed E-state index contributed by atoms with van der Waals surface area (Å²) in [4.78, 5) is 40.6. The van der Waals surface area contributed by atoms with Gasteiger partial charge in [-0.2, -0.15) is 0 Å². The summed E-state index contributed by atoms with van der Waals surface area (Å²) < 4.78 is 10.1. The number of anilines is 1. The number of hydrogen-bond donors (Lipinski definition) is 1. The van der Waals surface area contributed by atoms with Crippen LogP contribution >= 0.6 is 11.3 Å². The van der Waals surface area contributed by atoms with Gasteiger partial charge in [-0.15, -0.1) is 11.3 Å². The second kappa shape index (κ2) is 9.61. The van der Waals surface area contributed by atoms with Crippen molar-refractivity contribution in [1.82, 2.24) is 4.98 Å². The maximum absolute atomic E-state index is 12.5. The second-order valence-electron chi connectivity index (χ2n) is 5.78. The van der Waals surface area contributed by atoms with Gasteiger partial charge in [0.25, 0.3) is 5.91 Å². The predicted octanol–water partition coefficient (Wildman–Crippen LogP) is 3.78. The average molecular weight is 410 g/mol. The van der Waals surface area contributed by atoms with Crippen LogP contribution in [-0.2, 0) is 14.3 Å². The van der Waals surface area contributed by atoms with Crippen LogP contribution in [-0.4, -0.2) is 36.0 Å². The molecule has 0 saturated carbocycles. The molecule has 7 nitrogen and oxygen atoms in total. The Kier molecular flexibility index (Phi) is 6.70. The Balaban J connectivity index is 1.74. The number of benzene rings is 1. The van der Waals surface area contributed by atoms with E-state index in [1.54, 1.807) is 24.4 Å². The highest BCUT2D eigenvalue weighted by Gasteiger charge is 2.23. The molecule has 3 rings (SSSR count). The molecular formula is C21H18N2O5S. The van der Waals surface area contributed by atoms with Crippen LogP contribution in [0.5, 0.6) is 0 Å². The van der Waals surface area contributed by atoms with E-state index in [1.165, 1.54) is 23.6 Å². The van der Waals surface area contributed by atoms with E-state index >= 15 is 0 Å². The molecule has 2 heterocycles. The van der Waals surface area contributed by atoms with Gasteiger partial charge < -0.3 is 14.8 Å². The normalized spacial score (nSPS) is 10.2. The molecule has 2 aromatic heterocycles. The minimum absolute atomic E-state index is 0.106. The number of thiophene rings is 1. The summed E-state index contributed by atoms with van der Waals surface area (Å²) in [6.45, 7) is 1.41. The van der Waals surface area contributed by atoms with Crippen molar-refractivity contribution in [2.45, 2.75) is 6.92 Å². The number of aromatic nitrogens is 1. The standard InChI is InChI=1S/C21H18N2O5S/c1-2-27-21(26)18-15(14-8-4-3-5-9-14)13-29-19(18)23-17(24)12-28-20(25)16-10-6-7-11-22-16/h3-11,13H,2,12H2,1H3,(H,23,24). The highest BCUT2D eigenvalue weighted by atomic mass is 32.1. The molecule has 0 aliphatic rings. The van der Waals surface area contributed by atoms with Crippen LogP contribution in [0, 0.1) is 0 Å². The molecule has 8 heteroatoms. The van der Waals surface area contributed by atoms with Crippen LogP contribution < -0.4 is 5.32 Å². The minimum atomic E-state index is -0.706. The van der Waals surface area contributed by atoms with Crippen LogP contribution in [0.25, 0.3) is 11.1 Å². The summed E-state index contributed by atoms with van der Waals surface area (Å²) in [6, 6.07) is 14.1. The van der Waals surface area contributed by atoms with E-state index in [0.29, 0.717) is 10.6 Å². The van der Waals surface area contributed by atoms with Gasteiger partial charge in [-0.05, 0) is 24.6 Å². The highest BCUT2D eigenvalue weighted by molar-refractivity contribution is 7.15. The fraction of sp³-hybridized carbons (Fsp3) is 0.143. The van der Waals surface area contributed by atoms with E-state index in [-0.39, 0.29) is 17.9 Å². The molecule has 0 unspecified atom stereocenters. The number of nitrogens with one attached hydrogen (secondary N) is 1. The van der Waals surface area contributed by atoms with Crippen molar-refractivity contribution in [3.05, 3.63) is 71.4 Å². The Morgan fingerprint density at radius 2 is 1.76 bits per heavy atom. The Bertz CT molecular complexity index is 1000. The van der Waals surface area contributed by atoms with E-state index in [9.17, 15) is 14.4 Å². The van der Waals surface area contributed by atoms with Crippen LogP contribution in [0.1, 0.15) is 27.8 Å². The number of hydrogen-bond acceptors (Lipinski definition) is 7. The van der Waals surface area contributed by atoms with Crippen molar-refractivity contribution in [1.29, 1.82) is 0 Å². The van der Waals surface area contributed by atoms with Crippen molar-refractivity contribution in [3.8, 4) is 11.1 Å². The summed E-state index contributed by atoms with van der Waals surface area (Å²) in [6.07, 6.45) is 1.46. The number of ether oxygens (including phenoxy) is 2. The number of nitrogens with zero attached hydrogens (tertiary/aromatic N) is 1. The van der Waals surface area contributed by atoms with Crippen LogP contribution in [0.4, 0.5) is 5.00 Å². The third-order valence-electron chi connectivity index (χ3n) is 3.82. The molecule has 0 bridgehead atoms. The Labute approximate surface area is 171 Å². The third-order valence-corrected chi connectivity index (χ3v) is 4.71. The first kappa shape index (κ1) is 20.2. The van der Waals surface area contributed by atoms with Crippen molar-refractivity contribution >= 4 is 34.2 Å².